The maximum absolute atomic E-state index is 9.93. The van der Waals surface area contributed by atoms with Crippen molar-refractivity contribution in [1.29, 1.82) is 0 Å². The van der Waals surface area contributed by atoms with Crippen LogP contribution in [0.15, 0.2) is 0 Å². The predicted octanol–water partition coefficient (Wildman–Crippen LogP) is 5.56. The molecule has 0 radical (unpaired) electrons. The van der Waals surface area contributed by atoms with Gasteiger partial charge in [0.1, 0.15) is 0 Å². The molecule has 6 heteroatoms. The van der Waals surface area contributed by atoms with Gasteiger partial charge in [0.25, 0.3) is 0 Å². The molecule has 0 aliphatic heterocycles. The van der Waals surface area contributed by atoms with Gasteiger partial charge < -0.3 is 19.1 Å². The van der Waals surface area contributed by atoms with E-state index < -0.39 is 22.0 Å². The Bertz CT molecular complexity index is 383. The maximum atomic E-state index is 9.93. The number of rotatable bonds is 12. The Morgan fingerprint density at radius 2 is 0.926 bits per heavy atom. The Labute approximate surface area is 171 Å². The molecule has 0 aromatic heterocycles. The van der Waals surface area contributed by atoms with Crippen LogP contribution in [0.4, 0.5) is 0 Å². The highest BCUT2D eigenvalue weighted by molar-refractivity contribution is 6.74. The highest BCUT2D eigenvalue weighted by Gasteiger charge is 2.38. The van der Waals surface area contributed by atoms with Crippen molar-refractivity contribution >= 4 is 16.6 Å². The van der Waals surface area contributed by atoms with Gasteiger partial charge in [-0.05, 0) is 61.9 Å². The summed E-state index contributed by atoms with van der Waals surface area (Å²) in [6.07, 6.45) is 3.32. The van der Waals surface area contributed by atoms with E-state index in [1.807, 2.05) is 0 Å². The summed E-state index contributed by atoms with van der Waals surface area (Å²) < 4.78 is 12.5. The molecule has 0 amide bonds. The molecular weight excluding hydrogens is 372 g/mol. The molecule has 0 aromatic rings. The highest BCUT2D eigenvalue weighted by atomic mass is 28.4. The van der Waals surface area contributed by atoms with Crippen molar-refractivity contribution < 1.29 is 19.1 Å². The topological polar surface area (TPSA) is 58.9 Å². The van der Waals surface area contributed by atoms with E-state index in [4.69, 9.17) is 8.85 Å². The minimum atomic E-state index is -1.73. The van der Waals surface area contributed by atoms with Crippen LogP contribution < -0.4 is 0 Å². The first kappa shape index (κ1) is 27.3. The second-order valence-corrected chi connectivity index (χ2v) is 20.9. The smallest absolute Gasteiger partial charge is 0.191 e. The van der Waals surface area contributed by atoms with Crippen molar-refractivity contribution in [2.45, 2.75) is 103 Å². The van der Waals surface area contributed by atoms with Gasteiger partial charge in [-0.1, -0.05) is 41.5 Å². The van der Waals surface area contributed by atoms with E-state index in [0.717, 1.165) is 25.7 Å². The lowest BCUT2D eigenvalue weighted by atomic mass is 9.80. The standard InChI is InChI=1S/C21H48O4Si2/c1-19(2,3)26(7,8)24-15-11-13-21(17-22,18-23)14-12-16-25-27(9,10)20(4,5)6/h22-23H,11-18H2,1-10H3. The molecule has 27 heavy (non-hydrogen) atoms. The number of hydrogen-bond donors (Lipinski definition) is 2. The Morgan fingerprint density at radius 3 is 1.15 bits per heavy atom. The van der Waals surface area contributed by atoms with E-state index in [1.54, 1.807) is 0 Å². The molecule has 0 aliphatic rings. The zero-order chi connectivity index (χ0) is 21.6. The fraction of sp³-hybridized carbons (Fsp3) is 1.00. The minimum Gasteiger partial charge on any atom is -0.417 e. The van der Waals surface area contributed by atoms with Gasteiger partial charge in [0.2, 0.25) is 0 Å². The third-order valence-electron chi connectivity index (χ3n) is 6.91. The first-order valence-electron chi connectivity index (χ1n) is 10.5. The van der Waals surface area contributed by atoms with Crippen molar-refractivity contribution in [3.8, 4) is 0 Å². The normalized spacial score (nSPS) is 14.7. The molecular formula is C21H48O4Si2. The van der Waals surface area contributed by atoms with Crippen LogP contribution in [-0.2, 0) is 8.85 Å². The summed E-state index contributed by atoms with van der Waals surface area (Å²) in [5.41, 5.74) is -0.423. The van der Waals surface area contributed by atoms with Crippen molar-refractivity contribution in [3.63, 3.8) is 0 Å². The summed E-state index contributed by atoms with van der Waals surface area (Å²) in [4.78, 5) is 0. The van der Waals surface area contributed by atoms with Gasteiger partial charge in [0.05, 0.1) is 13.2 Å². The Kier molecular flexibility index (Phi) is 10.5. The van der Waals surface area contributed by atoms with Gasteiger partial charge in [-0.15, -0.1) is 0 Å². The summed E-state index contributed by atoms with van der Waals surface area (Å²) in [5, 5.41) is 20.3. The van der Waals surface area contributed by atoms with Gasteiger partial charge in [0.15, 0.2) is 16.6 Å². The van der Waals surface area contributed by atoms with Crippen molar-refractivity contribution in [3.05, 3.63) is 0 Å². The van der Waals surface area contributed by atoms with Crippen LogP contribution in [0, 0.1) is 5.41 Å². The van der Waals surface area contributed by atoms with E-state index in [-0.39, 0.29) is 23.3 Å². The van der Waals surface area contributed by atoms with Crippen LogP contribution in [0.2, 0.25) is 36.3 Å². The number of aliphatic hydroxyl groups excluding tert-OH is 2. The van der Waals surface area contributed by atoms with Crippen LogP contribution in [0.3, 0.4) is 0 Å². The molecule has 0 rings (SSSR count). The largest absolute Gasteiger partial charge is 0.417 e. The van der Waals surface area contributed by atoms with Gasteiger partial charge in [0, 0.05) is 18.6 Å². The lowest BCUT2D eigenvalue weighted by Gasteiger charge is -2.37. The van der Waals surface area contributed by atoms with E-state index >= 15 is 0 Å². The summed E-state index contributed by atoms with van der Waals surface area (Å²) >= 11 is 0. The second kappa shape index (κ2) is 10.3. The molecule has 0 aromatic carbocycles. The molecule has 0 saturated heterocycles. The Balaban J connectivity index is 4.48. The maximum Gasteiger partial charge on any atom is 0.191 e. The first-order valence-corrected chi connectivity index (χ1v) is 16.3. The molecule has 0 heterocycles. The monoisotopic (exact) mass is 420 g/mol. The molecule has 0 atom stereocenters. The zero-order valence-corrected chi connectivity index (χ0v) is 21.9. The summed E-state index contributed by atoms with van der Waals surface area (Å²) in [6.45, 7) is 24.0. The van der Waals surface area contributed by atoms with Crippen molar-refractivity contribution in [2.75, 3.05) is 26.4 Å². The van der Waals surface area contributed by atoms with Gasteiger partial charge >= 0.3 is 0 Å². The SMILES string of the molecule is CC(C)(C)[Si](C)(C)OCCCC(CO)(CO)CCCO[Si](C)(C)C(C)(C)C. The molecule has 0 spiro atoms. The fourth-order valence-electron chi connectivity index (χ4n) is 2.47. The third-order valence-corrected chi connectivity index (χ3v) is 16.0. The third kappa shape index (κ3) is 8.66. The van der Waals surface area contributed by atoms with Crippen molar-refractivity contribution in [2.24, 2.45) is 5.41 Å². The van der Waals surface area contributed by atoms with Crippen LogP contribution in [0.25, 0.3) is 0 Å². The Morgan fingerprint density at radius 1 is 0.630 bits per heavy atom. The van der Waals surface area contributed by atoms with E-state index in [2.05, 4.69) is 67.7 Å². The average molecular weight is 421 g/mol. The first-order chi connectivity index (χ1) is 12.0. The fourth-order valence-corrected chi connectivity index (χ4v) is 4.65. The van der Waals surface area contributed by atoms with E-state index in [0.29, 0.717) is 13.2 Å². The molecule has 0 aliphatic carbocycles. The average Bonchev–Trinajstić information content (AvgIpc) is 2.51. The quantitative estimate of drug-likeness (QED) is 0.320. The zero-order valence-electron chi connectivity index (χ0n) is 19.9. The lowest BCUT2D eigenvalue weighted by Crippen LogP contribution is -2.41. The number of hydrogen-bond acceptors (Lipinski definition) is 4. The van der Waals surface area contributed by atoms with Crippen molar-refractivity contribution in [1.82, 2.24) is 0 Å². The van der Waals surface area contributed by atoms with Gasteiger partial charge in [-0.2, -0.15) is 0 Å². The molecule has 4 nitrogen and oxygen atoms in total. The Hall–Kier alpha value is 0.274. The molecule has 2 N–H and O–H groups in total. The molecule has 164 valence electrons. The summed E-state index contributed by atoms with van der Waals surface area (Å²) in [7, 11) is -3.46. The lowest BCUT2D eigenvalue weighted by molar-refractivity contribution is 0.0299. The minimum absolute atomic E-state index is 0.0175. The molecule has 0 bridgehead atoms. The van der Waals surface area contributed by atoms with Crippen LogP contribution in [-0.4, -0.2) is 53.3 Å². The summed E-state index contributed by atoms with van der Waals surface area (Å²) in [6, 6.07) is 0. The van der Waals surface area contributed by atoms with Gasteiger partial charge in [-0.3, -0.25) is 0 Å². The van der Waals surface area contributed by atoms with Gasteiger partial charge in [-0.25, -0.2) is 0 Å². The van der Waals surface area contributed by atoms with Crippen LogP contribution in [0.5, 0.6) is 0 Å². The second-order valence-electron chi connectivity index (χ2n) is 11.2. The molecule has 0 unspecified atom stereocenters. The highest BCUT2D eigenvalue weighted by Crippen LogP contribution is 2.38. The van der Waals surface area contributed by atoms with E-state index in [1.165, 1.54) is 0 Å². The molecule has 0 fully saturated rings. The van der Waals surface area contributed by atoms with Crippen LogP contribution in [0.1, 0.15) is 67.2 Å². The van der Waals surface area contributed by atoms with E-state index in [9.17, 15) is 10.2 Å². The number of aliphatic hydroxyl groups is 2. The van der Waals surface area contributed by atoms with Crippen LogP contribution >= 0.6 is 0 Å². The summed E-state index contributed by atoms with van der Waals surface area (Å²) in [5.74, 6) is 0. The molecule has 0 saturated carbocycles. The predicted molar refractivity (Wildman–Crippen MR) is 121 cm³/mol.